The van der Waals surface area contributed by atoms with Gasteiger partial charge in [0.2, 0.25) is 10.4 Å². The number of alkyl halides is 3. The summed E-state index contributed by atoms with van der Waals surface area (Å²) in [5.41, 5.74) is -2.57. The predicted molar refractivity (Wildman–Crippen MR) is 118 cm³/mol. The largest absolute Gasteiger partial charge is 0.466 e. The standard InChI is InChI=1S/C23H25Cl3O6/c1-21-6-4-11(27)8-14(21)15(24)9-12-13-5-7-23(20(30)31-3,32-19(29)18(25)26)22(13,2)10-16(28)17(12)21/h4,6,8,12-13,15,17-18H,5,7,9-10H2,1-3H3/t12-,13-,15-,17+,21-,22-,23-/m0/s1. The van der Waals surface area contributed by atoms with Crippen molar-refractivity contribution in [2.75, 3.05) is 7.11 Å². The summed E-state index contributed by atoms with van der Waals surface area (Å²) in [5.74, 6) is -2.52. The number of ether oxygens (including phenoxy) is 2. The molecule has 9 heteroatoms. The van der Waals surface area contributed by atoms with Gasteiger partial charge >= 0.3 is 11.9 Å². The van der Waals surface area contributed by atoms with Crippen LogP contribution in [0.25, 0.3) is 0 Å². The molecule has 0 saturated heterocycles. The second kappa shape index (κ2) is 7.85. The van der Waals surface area contributed by atoms with Crippen LogP contribution in [0.2, 0.25) is 0 Å². The molecule has 0 radical (unpaired) electrons. The molecule has 0 heterocycles. The van der Waals surface area contributed by atoms with Gasteiger partial charge in [-0.2, -0.15) is 0 Å². The Kier molecular flexibility index (Phi) is 5.83. The lowest BCUT2D eigenvalue weighted by molar-refractivity contribution is -0.202. The van der Waals surface area contributed by atoms with Crippen molar-refractivity contribution in [3.8, 4) is 0 Å². The van der Waals surface area contributed by atoms with Crippen LogP contribution in [0.15, 0.2) is 23.8 Å². The zero-order chi connectivity index (χ0) is 23.6. The normalized spacial score (nSPS) is 42.7. The molecular weight excluding hydrogens is 479 g/mol. The average Bonchev–Trinajstić information content (AvgIpc) is 3.01. The van der Waals surface area contributed by atoms with Crippen LogP contribution in [0.4, 0.5) is 0 Å². The Morgan fingerprint density at radius 1 is 1.22 bits per heavy atom. The van der Waals surface area contributed by atoms with Crippen molar-refractivity contribution in [3.63, 3.8) is 0 Å². The van der Waals surface area contributed by atoms with E-state index in [0.717, 1.165) is 5.57 Å². The van der Waals surface area contributed by atoms with Gasteiger partial charge in [0.25, 0.3) is 0 Å². The Labute approximate surface area is 201 Å². The number of esters is 2. The van der Waals surface area contributed by atoms with E-state index in [0.29, 0.717) is 12.8 Å². The lowest BCUT2D eigenvalue weighted by Crippen LogP contribution is -2.62. The lowest BCUT2D eigenvalue weighted by Gasteiger charge is -2.57. The van der Waals surface area contributed by atoms with Gasteiger partial charge < -0.3 is 9.47 Å². The van der Waals surface area contributed by atoms with Gasteiger partial charge in [-0.3, -0.25) is 9.59 Å². The van der Waals surface area contributed by atoms with E-state index in [1.165, 1.54) is 13.2 Å². The number of Topliss-reactive ketones (excluding diaryl/α,β-unsaturated/α-hetero) is 1. The summed E-state index contributed by atoms with van der Waals surface area (Å²) >= 11 is 18.2. The molecule has 0 bridgehead atoms. The third-order valence-corrected chi connectivity index (χ3v) is 9.10. The van der Waals surface area contributed by atoms with Gasteiger partial charge in [-0.15, -0.1) is 11.6 Å². The monoisotopic (exact) mass is 502 g/mol. The first-order valence-electron chi connectivity index (χ1n) is 10.6. The van der Waals surface area contributed by atoms with Crippen molar-refractivity contribution in [2.24, 2.45) is 28.6 Å². The molecule has 0 N–H and O–H groups in total. The Bertz CT molecular complexity index is 957. The zero-order valence-electron chi connectivity index (χ0n) is 18.0. The average molecular weight is 504 g/mol. The van der Waals surface area contributed by atoms with Gasteiger partial charge in [0, 0.05) is 23.2 Å². The fraction of sp³-hybridized carbons (Fsp3) is 0.652. The maximum Gasteiger partial charge on any atom is 0.350 e. The number of carbonyl (C=O) groups is 4. The van der Waals surface area contributed by atoms with Gasteiger partial charge in [0.15, 0.2) is 5.78 Å². The van der Waals surface area contributed by atoms with E-state index in [1.54, 1.807) is 19.1 Å². The van der Waals surface area contributed by atoms with E-state index in [-0.39, 0.29) is 42.2 Å². The molecule has 3 fully saturated rings. The highest BCUT2D eigenvalue weighted by molar-refractivity contribution is 6.53. The van der Waals surface area contributed by atoms with Gasteiger partial charge in [-0.25, -0.2) is 9.59 Å². The molecule has 3 saturated carbocycles. The molecule has 7 atom stereocenters. The quantitative estimate of drug-likeness (QED) is 0.428. The molecule has 6 nitrogen and oxygen atoms in total. The predicted octanol–water partition coefficient (Wildman–Crippen LogP) is 3.95. The summed E-state index contributed by atoms with van der Waals surface area (Å²) in [6.07, 6.45) is 6.09. The second-order valence-corrected chi connectivity index (χ2v) is 11.3. The number of rotatable bonds is 3. The second-order valence-electron chi connectivity index (χ2n) is 9.71. The number of methoxy groups -OCH3 is 1. The first kappa shape index (κ1) is 23.8. The number of allylic oxidation sites excluding steroid dienone is 4. The Hall–Kier alpha value is -1.37. The smallest absolute Gasteiger partial charge is 0.350 e. The Morgan fingerprint density at radius 3 is 2.53 bits per heavy atom. The molecule has 174 valence electrons. The van der Waals surface area contributed by atoms with Crippen LogP contribution in [-0.2, 0) is 28.7 Å². The molecule has 0 spiro atoms. The minimum atomic E-state index is -1.66. The minimum Gasteiger partial charge on any atom is -0.466 e. The molecule has 4 aliphatic carbocycles. The summed E-state index contributed by atoms with van der Waals surface area (Å²) in [7, 11) is 1.22. The third-order valence-electron chi connectivity index (χ3n) is 8.33. The third kappa shape index (κ3) is 3.13. The van der Waals surface area contributed by atoms with Gasteiger partial charge in [-0.1, -0.05) is 43.1 Å². The summed E-state index contributed by atoms with van der Waals surface area (Å²) in [4.78, 5) is 49.7. The Balaban J connectivity index is 1.79. The van der Waals surface area contributed by atoms with Crippen LogP contribution in [0.5, 0.6) is 0 Å². The van der Waals surface area contributed by atoms with Gasteiger partial charge in [0.05, 0.1) is 12.5 Å². The highest BCUT2D eigenvalue weighted by Gasteiger charge is 2.72. The molecule has 0 aromatic rings. The number of halogens is 3. The SMILES string of the molecule is COC(=O)[C@@]1(OC(=O)C(Cl)Cl)CC[C@H]2[C@@H]3C[C@H](Cl)C4=CC(=O)C=C[C@]4(C)[C@H]3C(=O)C[C@@]21C. The van der Waals surface area contributed by atoms with Crippen LogP contribution in [0, 0.1) is 28.6 Å². The molecule has 4 aliphatic rings. The molecule has 0 amide bonds. The topological polar surface area (TPSA) is 86.7 Å². The Morgan fingerprint density at radius 2 is 1.91 bits per heavy atom. The number of fused-ring (bicyclic) bond motifs is 5. The first-order valence-corrected chi connectivity index (χ1v) is 11.9. The number of hydrogen-bond acceptors (Lipinski definition) is 6. The number of ketones is 2. The van der Waals surface area contributed by atoms with Crippen molar-refractivity contribution in [3.05, 3.63) is 23.8 Å². The van der Waals surface area contributed by atoms with Crippen LogP contribution >= 0.6 is 34.8 Å². The van der Waals surface area contributed by atoms with E-state index in [2.05, 4.69) is 0 Å². The van der Waals surface area contributed by atoms with E-state index >= 15 is 0 Å². The molecule has 0 aliphatic heterocycles. The van der Waals surface area contributed by atoms with E-state index in [4.69, 9.17) is 44.3 Å². The lowest BCUT2D eigenvalue weighted by atomic mass is 9.46. The highest BCUT2D eigenvalue weighted by Crippen LogP contribution is 2.67. The molecule has 0 aromatic heterocycles. The zero-order valence-corrected chi connectivity index (χ0v) is 20.3. The van der Waals surface area contributed by atoms with Crippen molar-refractivity contribution in [1.82, 2.24) is 0 Å². The van der Waals surface area contributed by atoms with Crippen LogP contribution in [0.3, 0.4) is 0 Å². The number of carbonyl (C=O) groups excluding carboxylic acids is 4. The van der Waals surface area contributed by atoms with E-state index in [1.807, 2.05) is 6.92 Å². The molecule has 0 unspecified atom stereocenters. The van der Waals surface area contributed by atoms with Crippen LogP contribution in [0.1, 0.15) is 39.5 Å². The van der Waals surface area contributed by atoms with Crippen LogP contribution in [-0.4, -0.2) is 46.4 Å². The van der Waals surface area contributed by atoms with Crippen molar-refractivity contribution in [1.29, 1.82) is 0 Å². The van der Waals surface area contributed by atoms with Gasteiger partial charge in [0.1, 0.15) is 5.78 Å². The summed E-state index contributed by atoms with van der Waals surface area (Å²) < 4.78 is 10.7. The molecule has 32 heavy (non-hydrogen) atoms. The highest BCUT2D eigenvalue weighted by atomic mass is 35.5. The fourth-order valence-electron chi connectivity index (χ4n) is 6.96. The molecular formula is C23H25Cl3O6. The molecule has 0 aromatic carbocycles. The van der Waals surface area contributed by atoms with Crippen molar-refractivity contribution >= 4 is 58.3 Å². The van der Waals surface area contributed by atoms with E-state index < -0.39 is 38.6 Å². The van der Waals surface area contributed by atoms with Crippen LogP contribution < -0.4 is 0 Å². The fourth-order valence-corrected chi connectivity index (χ4v) is 7.55. The van der Waals surface area contributed by atoms with Crippen molar-refractivity contribution in [2.45, 2.75) is 55.3 Å². The first-order chi connectivity index (χ1) is 14.9. The number of hydrogen-bond donors (Lipinski definition) is 0. The maximum absolute atomic E-state index is 13.7. The summed E-state index contributed by atoms with van der Waals surface area (Å²) in [6.45, 7) is 3.75. The summed E-state index contributed by atoms with van der Waals surface area (Å²) in [5, 5.41) is -0.420. The van der Waals surface area contributed by atoms with Gasteiger partial charge in [-0.05, 0) is 48.8 Å². The molecule has 4 rings (SSSR count). The summed E-state index contributed by atoms with van der Waals surface area (Å²) in [6, 6.07) is 0. The maximum atomic E-state index is 13.7. The minimum absolute atomic E-state index is 0.0219. The van der Waals surface area contributed by atoms with E-state index in [9.17, 15) is 19.2 Å². The van der Waals surface area contributed by atoms with Crippen molar-refractivity contribution < 1.29 is 28.7 Å².